The fraction of sp³-hybridized carbons (Fsp3) is 0.367. The maximum absolute atomic E-state index is 13.6. The molecule has 3 aromatic rings. The van der Waals surface area contributed by atoms with Crippen LogP contribution in [0.15, 0.2) is 54.6 Å². The third-order valence-corrected chi connectivity index (χ3v) is 7.50. The number of hydrogen-bond acceptors (Lipinski definition) is 5. The zero-order valence-corrected chi connectivity index (χ0v) is 23.0. The number of aromatic nitrogens is 1. The first-order valence-electron chi connectivity index (χ1n) is 13.5. The topological polar surface area (TPSA) is 78.0 Å². The molecule has 0 radical (unpaired) electrons. The van der Waals surface area contributed by atoms with Crippen molar-refractivity contribution in [3.63, 3.8) is 0 Å². The Labute approximate surface area is 235 Å². The molecule has 4 heterocycles. The lowest BCUT2D eigenvalue weighted by Crippen LogP contribution is -2.56. The van der Waals surface area contributed by atoms with Gasteiger partial charge in [-0.1, -0.05) is 18.2 Å². The molecule has 6 rings (SSSR count). The lowest BCUT2D eigenvalue weighted by molar-refractivity contribution is -0.137. The second-order valence-corrected chi connectivity index (χ2v) is 11.5. The van der Waals surface area contributed by atoms with Gasteiger partial charge in [0.05, 0.1) is 16.9 Å². The van der Waals surface area contributed by atoms with Crippen molar-refractivity contribution in [2.45, 2.75) is 58.1 Å². The molecule has 1 saturated heterocycles. The molecule has 1 atom stereocenters. The minimum absolute atomic E-state index is 0.200. The third-order valence-electron chi connectivity index (χ3n) is 7.50. The lowest BCUT2D eigenvalue weighted by Gasteiger charge is -2.40. The molecule has 41 heavy (non-hydrogen) atoms. The number of halogens is 3. The van der Waals surface area contributed by atoms with Crippen LogP contribution < -0.4 is 15.1 Å². The SMILES string of the molecule is CC(C)(C)OC(=O)N1CCc2cc(NC(=O)N3c4nc(-c5cccc(C(F)(F)F)c5)ccc4N4CCC43)ccc2C1. The minimum atomic E-state index is -4.47. The Balaban J connectivity index is 1.21. The van der Waals surface area contributed by atoms with Crippen LogP contribution in [0.25, 0.3) is 11.3 Å². The van der Waals surface area contributed by atoms with Crippen molar-refractivity contribution in [1.29, 1.82) is 0 Å². The van der Waals surface area contributed by atoms with Gasteiger partial charge < -0.3 is 19.9 Å². The van der Waals surface area contributed by atoms with Crippen LogP contribution in [0.4, 0.5) is 40.0 Å². The molecule has 1 unspecified atom stereocenters. The molecule has 1 N–H and O–H groups in total. The van der Waals surface area contributed by atoms with Crippen LogP contribution >= 0.6 is 0 Å². The van der Waals surface area contributed by atoms with E-state index in [0.717, 1.165) is 41.9 Å². The number of fused-ring (bicyclic) bond motifs is 4. The van der Waals surface area contributed by atoms with Crippen molar-refractivity contribution in [2.24, 2.45) is 0 Å². The number of urea groups is 1. The van der Waals surface area contributed by atoms with Crippen LogP contribution in [0.1, 0.15) is 43.9 Å². The summed E-state index contributed by atoms with van der Waals surface area (Å²) in [7, 11) is 0. The Morgan fingerprint density at radius 1 is 1.00 bits per heavy atom. The van der Waals surface area contributed by atoms with Crippen LogP contribution in [-0.2, 0) is 23.9 Å². The molecule has 214 valence electrons. The number of anilines is 3. The molecular weight excluding hydrogens is 535 g/mol. The van der Waals surface area contributed by atoms with Crippen molar-refractivity contribution >= 4 is 29.3 Å². The van der Waals surface area contributed by atoms with E-state index in [4.69, 9.17) is 4.74 Å². The molecule has 3 aliphatic rings. The maximum atomic E-state index is 13.6. The molecule has 0 spiro atoms. The van der Waals surface area contributed by atoms with Gasteiger partial charge in [0, 0.05) is 37.3 Å². The molecule has 3 amide bonds. The van der Waals surface area contributed by atoms with Gasteiger partial charge in [0.1, 0.15) is 11.8 Å². The van der Waals surface area contributed by atoms with Gasteiger partial charge in [-0.15, -0.1) is 0 Å². The number of ether oxygens (including phenoxy) is 1. The Morgan fingerprint density at radius 3 is 2.51 bits per heavy atom. The van der Waals surface area contributed by atoms with E-state index in [2.05, 4.69) is 15.2 Å². The van der Waals surface area contributed by atoms with Gasteiger partial charge in [0.15, 0.2) is 5.82 Å². The van der Waals surface area contributed by atoms with E-state index in [1.165, 1.54) is 6.07 Å². The van der Waals surface area contributed by atoms with Gasteiger partial charge >= 0.3 is 18.3 Å². The van der Waals surface area contributed by atoms with E-state index < -0.39 is 17.3 Å². The van der Waals surface area contributed by atoms with Crippen LogP contribution in [0.2, 0.25) is 0 Å². The fourth-order valence-corrected chi connectivity index (χ4v) is 5.45. The second-order valence-electron chi connectivity index (χ2n) is 11.5. The smallest absolute Gasteiger partial charge is 0.416 e. The number of rotatable bonds is 2. The van der Waals surface area contributed by atoms with E-state index in [1.807, 2.05) is 39.0 Å². The first-order valence-corrected chi connectivity index (χ1v) is 13.5. The summed E-state index contributed by atoms with van der Waals surface area (Å²) in [6.45, 7) is 7.21. The van der Waals surface area contributed by atoms with Gasteiger partial charge in [0.25, 0.3) is 0 Å². The maximum Gasteiger partial charge on any atom is 0.416 e. The highest BCUT2D eigenvalue weighted by atomic mass is 19.4. The number of amides is 3. The number of alkyl halides is 3. The van der Waals surface area contributed by atoms with E-state index >= 15 is 0 Å². The normalized spacial score (nSPS) is 17.8. The summed E-state index contributed by atoms with van der Waals surface area (Å²) in [5.41, 5.74) is 2.79. The van der Waals surface area contributed by atoms with Crippen LogP contribution in [-0.4, -0.2) is 46.9 Å². The number of nitrogens with zero attached hydrogens (tertiary/aromatic N) is 4. The van der Waals surface area contributed by atoms with Gasteiger partial charge in [-0.25, -0.2) is 14.6 Å². The average Bonchev–Trinajstić information content (AvgIpc) is 3.11. The summed E-state index contributed by atoms with van der Waals surface area (Å²) in [5, 5.41) is 2.98. The van der Waals surface area contributed by atoms with Crippen LogP contribution in [0, 0.1) is 0 Å². The molecule has 1 fully saturated rings. The van der Waals surface area contributed by atoms with E-state index in [9.17, 15) is 22.8 Å². The van der Waals surface area contributed by atoms with E-state index in [-0.39, 0.29) is 18.3 Å². The lowest BCUT2D eigenvalue weighted by atomic mass is 9.99. The molecule has 0 bridgehead atoms. The van der Waals surface area contributed by atoms with E-state index in [1.54, 1.807) is 28.0 Å². The predicted octanol–water partition coefficient (Wildman–Crippen LogP) is 6.65. The Morgan fingerprint density at radius 2 is 1.80 bits per heavy atom. The molecule has 3 aliphatic heterocycles. The standard InChI is InChI=1S/C30H30F3N5O3/c1-29(2,3)41-28(40)36-13-11-18-16-22(8-7-20(18)17-36)34-27(39)38-25-12-14-37(25)24-10-9-23(35-26(24)38)19-5-4-6-21(15-19)30(31,32)33/h4-10,15-16,25H,11-14,17H2,1-3H3,(H,34,39). The second kappa shape index (κ2) is 9.67. The molecule has 0 saturated carbocycles. The Bertz CT molecular complexity index is 1530. The zero-order chi connectivity index (χ0) is 29.1. The first kappa shape index (κ1) is 26.9. The monoisotopic (exact) mass is 565 g/mol. The first-order chi connectivity index (χ1) is 19.4. The van der Waals surface area contributed by atoms with Crippen molar-refractivity contribution < 1.29 is 27.5 Å². The highest BCUT2D eigenvalue weighted by Gasteiger charge is 2.46. The molecule has 2 aromatic carbocycles. The van der Waals surface area contributed by atoms with Crippen molar-refractivity contribution in [2.75, 3.05) is 28.2 Å². The summed E-state index contributed by atoms with van der Waals surface area (Å²) in [5.74, 6) is 0.422. The van der Waals surface area contributed by atoms with Crippen LogP contribution in [0.3, 0.4) is 0 Å². The van der Waals surface area contributed by atoms with Crippen molar-refractivity contribution in [1.82, 2.24) is 9.88 Å². The number of pyridine rings is 1. The number of carbonyl (C=O) groups is 2. The zero-order valence-electron chi connectivity index (χ0n) is 23.0. The van der Waals surface area contributed by atoms with Gasteiger partial charge in [-0.05, 0) is 74.7 Å². The van der Waals surface area contributed by atoms with Crippen LogP contribution in [0.5, 0.6) is 0 Å². The highest BCUT2D eigenvalue weighted by molar-refractivity contribution is 6.06. The molecular formula is C30H30F3N5O3. The summed E-state index contributed by atoms with van der Waals surface area (Å²) < 4.78 is 45.4. The highest BCUT2D eigenvalue weighted by Crippen LogP contribution is 2.45. The number of carbonyl (C=O) groups excluding carboxylic acids is 2. The summed E-state index contributed by atoms with van der Waals surface area (Å²) in [6.07, 6.45) is -3.63. The Hall–Kier alpha value is -4.28. The third kappa shape index (κ3) is 5.16. The van der Waals surface area contributed by atoms with Gasteiger partial charge in [0.2, 0.25) is 0 Å². The quantitative estimate of drug-likeness (QED) is 0.377. The molecule has 8 nitrogen and oxygen atoms in total. The largest absolute Gasteiger partial charge is 0.444 e. The molecule has 11 heteroatoms. The number of nitrogens with one attached hydrogen (secondary N) is 1. The molecule has 1 aromatic heterocycles. The summed E-state index contributed by atoms with van der Waals surface area (Å²) in [6, 6.07) is 13.8. The van der Waals surface area contributed by atoms with Crippen molar-refractivity contribution in [3.8, 4) is 11.3 Å². The molecule has 0 aliphatic carbocycles. The number of benzene rings is 2. The minimum Gasteiger partial charge on any atom is -0.444 e. The summed E-state index contributed by atoms with van der Waals surface area (Å²) in [4.78, 5) is 36.1. The van der Waals surface area contributed by atoms with Gasteiger partial charge in [-0.3, -0.25) is 4.90 Å². The fourth-order valence-electron chi connectivity index (χ4n) is 5.45. The Kier molecular flexibility index (Phi) is 6.35. The van der Waals surface area contributed by atoms with Crippen molar-refractivity contribution in [3.05, 3.63) is 71.3 Å². The average molecular weight is 566 g/mol. The predicted molar refractivity (Wildman–Crippen MR) is 149 cm³/mol. The van der Waals surface area contributed by atoms with Gasteiger partial charge in [-0.2, -0.15) is 13.2 Å². The van der Waals surface area contributed by atoms with E-state index in [0.29, 0.717) is 42.3 Å². The number of hydrogen-bond donors (Lipinski definition) is 1. The summed E-state index contributed by atoms with van der Waals surface area (Å²) >= 11 is 0.